The van der Waals surface area contributed by atoms with Crippen LogP contribution in [0.25, 0.3) is 0 Å². The molecule has 21 heavy (non-hydrogen) atoms. The zero-order valence-corrected chi connectivity index (χ0v) is 14.2. The van der Waals surface area contributed by atoms with Crippen LogP contribution in [0, 0.1) is 0 Å². The molecule has 1 unspecified atom stereocenters. The predicted molar refractivity (Wildman–Crippen MR) is 86.5 cm³/mol. The topological polar surface area (TPSA) is 49.4 Å². The highest BCUT2D eigenvalue weighted by molar-refractivity contribution is 9.10. The molecule has 114 valence electrons. The lowest BCUT2D eigenvalue weighted by atomic mass is 10.1. The van der Waals surface area contributed by atoms with Crippen molar-refractivity contribution in [3.8, 4) is 0 Å². The fourth-order valence-corrected chi connectivity index (χ4v) is 2.96. The number of carbonyl (C=O) groups is 2. The maximum absolute atomic E-state index is 12.3. The van der Waals surface area contributed by atoms with Crippen LogP contribution in [0.3, 0.4) is 0 Å². The van der Waals surface area contributed by atoms with Gasteiger partial charge >= 0.3 is 0 Å². The van der Waals surface area contributed by atoms with Gasteiger partial charge in [0, 0.05) is 17.6 Å². The van der Waals surface area contributed by atoms with E-state index in [1.165, 1.54) is 0 Å². The van der Waals surface area contributed by atoms with E-state index < -0.39 is 6.04 Å². The van der Waals surface area contributed by atoms with Gasteiger partial charge in [-0.15, -0.1) is 0 Å². The molecule has 0 radical (unpaired) electrons. The Hall–Kier alpha value is -1.07. The molecule has 1 aromatic rings. The average Bonchev–Trinajstić information content (AvgIpc) is 2.49. The second-order valence-electron chi connectivity index (χ2n) is 5.21. The van der Waals surface area contributed by atoms with Crippen LogP contribution >= 0.6 is 27.5 Å². The lowest BCUT2D eigenvalue weighted by Crippen LogP contribution is -2.48. The summed E-state index contributed by atoms with van der Waals surface area (Å²) in [6, 6.07) is 4.51. The highest BCUT2D eigenvalue weighted by Crippen LogP contribution is 2.21. The smallest absolute Gasteiger partial charge is 0.253 e. The number of benzene rings is 1. The highest BCUT2D eigenvalue weighted by atomic mass is 79.9. The molecule has 4 nitrogen and oxygen atoms in total. The van der Waals surface area contributed by atoms with Crippen molar-refractivity contribution >= 4 is 39.3 Å². The number of likely N-dealkylation sites (tertiary alicyclic amines) is 1. The SMILES string of the molecule is CC(NC(=O)c1cc(Br)ccc1Cl)C(=O)N1CCCCC1. The molecule has 0 aliphatic carbocycles. The van der Waals surface area contributed by atoms with E-state index in [-0.39, 0.29) is 11.8 Å². The number of amides is 2. The van der Waals surface area contributed by atoms with Gasteiger partial charge < -0.3 is 10.2 Å². The lowest BCUT2D eigenvalue weighted by molar-refractivity contribution is -0.133. The van der Waals surface area contributed by atoms with Gasteiger partial charge in [-0.05, 0) is 44.4 Å². The van der Waals surface area contributed by atoms with E-state index in [1.54, 1.807) is 25.1 Å². The lowest BCUT2D eigenvalue weighted by Gasteiger charge is -2.29. The molecule has 2 rings (SSSR count). The summed E-state index contributed by atoms with van der Waals surface area (Å²) < 4.78 is 0.770. The first-order chi connectivity index (χ1) is 9.99. The summed E-state index contributed by atoms with van der Waals surface area (Å²) >= 11 is 9.33. The van der Waals surface area contributed by atoms with Crippen molar-refractivity contribution in [1.29, 1.82) is 0 Å². The van der Waals surface area contributed by atoms with Gasteiger partial charge in [-0.3, -0.25) is 9.59 Å². The van der Waals surface area contributed by atoms with E-state index in [2.05, 4.69) is 21.2 Å². The van der Waals surface area contributed by atoms with E-state index >= 15 is 0 Å². The summed E-state index contributed by atoms with van der Waals surface area (Å²) in [7, 11) is 0. The molecule has 6 heteroatoms. The molecular formula is C15H18BrClN2O2. The molecule has 1 aromatic carbocycles. The molecule has 1 atom stereocenters. The Morgan fingerprint density at radius 3 is 2.62 bits per heavy atom. The Labute approximate surface area is 138 Å². The summed E-state index contributed by atoms with van der Waals surface area (Å²) in [5.74, 6) is -0.367. The van der Waals surface area contributed by atoms with Gasteiger partial charge in [0.05, 0.1) is 10.6 Å². The summed E-state index contributed by atoms with van der Waals surface area (Å²) in [4.78, 5) is 26.3. The Morgan fingerprint density at radius 1 is 1.29 bits per heavy atom. The molecule has 0 spiro atoms. The Morgan fingerprint density at radius 2 is 1.95 bits per heavy atom. The average molecular weight is 374 g/mol. The number of carbonyl (C=O) groups excluding carboxylic acids is 2. The van der Waals surface area contributed by atoms with Crippen LogP contribution in [-0.2, 0) is 4.79 Å². The normalized spacial score (nSPS) is 16.4. The Balaban J connectivity index is 2.01. The highest BCUT2D eigenvalue weighted by Gasteiger charge is 2.24. The van der Waals surface area contributed by atoms with Crippen molar-refractivity contribution in [2.24, 2.45) is 0 Å². The van der Waals surface area contributed by atoms with E-state index in [1.807, 2.05) is 4.90 Å². The van der Waals surface area contributed by atoms with Crippen molar-refractivity contribution < 1.29 is 9.59 Å². The predicted octanol–water partition coefficient (Wildman–Crippen LogP) is 3.23. The standard InChI is InChI=1S/C15H18BrClN2O2/c1-10(15(21)19-7-3-2-4-8-19)18-14(20)12-9-11(16)5-6-13(12)17/h5-6,9-10H,2-4,7-8H2,1H3,(H,18,20). The maximum Gasteiger partial charge on any atom is 0.253 e. The van der Waals surface area contributed by atoms with E-state index in [0.29, 0.717) is 10.6 Å². The largest absolute Gasteiger partial charge is 0.341 e. The first-order valence-corrected chi connectivity index (χ1v) is 8.21. The molecule has 1 N–H and O–H groups in total. The minimum atomic E-state index is -0.550. The van der Waals surface area contributed by atoms with Crippen LogP contribution in [0.15, 0.2) is 22.7 Å². The number of nitrogens with one attached hydrogen (secondary N) is 1. The van der Waals surface area contributed by atoms with Crippen molar-refractivity contribution in [2.45, 2.75) is 32.2 Å². The molecule has 0 bridgehead atoms. The van der Waals surface area contributed by atoms with Crippen LogP contribution in [-0.4, -0.2) is 35.8 Å². The number of hydrogen-bond acceptors (Lipinski definition) is 2. The molecule has 1 heterocycles. The van der Waals surface area contributed by atoms with Crippen LogP contribution in [0.5, 0.6) is 0 Å². The minimum absolute atomic E-state index is 0.0332. The van der Waals surface area contributed by atoms with Crippen molar-refractivity contribution in [3.05, 3.63) is 33.3 Å². The van der Waals surface area contributed by atoms with E-state index in [4.69, 9.17) is 11.6 Å². The third-order valence-electron chi connectivity index (χ3n) is 3.56. The number of halogens is 2. The zero-order chi connectivity index (χ0) is 15.4. The summed E-state index contributed by atoms with van der Waals surface area (Å²) in [6.45, 7) is 3.26. The third-order valence-corrected chi connectivity index (χ3v) is 4.38. The van der Waals surface area contributed by atoms with Gasteiger partial charge in [-0.1, -0.05) is 27.5 Å². The van der Waals surface area contributed by atoms with E-state index in [9.17, 15) is 9.59 Å². The van der Waals surface area contributed by atoms with Gasteiger partial charge in [0.25, 0.3) is 5.91 Å². The van der Waals surface area contributed by atoms with Crippen LogP contribution < -0.4 is 5.32 Å². The molecular weight excluding hydrogens is 356 g/mol. The molecule has 1 saturated heterocycles. The number of nitrogens with zero attached hydrogens (tertiary/aromatic N) is 1. The van der Waals surface area contributed by atoms with Gasteiger partial charge in [0.15, 0.2) is 0 Å². The molecule has 0 saturated carbocycles. The fourth-order valence-electron chi connectivity index (χ4n) is 2.40. The number of rotatable bonds is 3. The first-order valence-electron chi connectivity index (χ1n) is 7.04. The number of hydrogen-bond donors (Lipinski definition) is 1. The van der Waals surface area contributed by atoms with Gasteiger partial charge in [0.2, 0.25) is 5.91 Å². The fraction of sp³-hybridized carbons (Fsp3) is 0.467. The van der Waals surface area contributed by atoms with Gasteiger partial charge in [0.1, 0.15) is 6.04 Å². The Kier molecular flexibility index (Phi) is 5.65. The molecule has 0 aromatic heterocycles. The van der Waals surface area contributed by atoms with E-state index in [0.717, 1.165) is 36.8 Å². The van der Waals surface area contributed by atoms with Crippen LogP contribution in [0.2, 0.25) is 5.02 Å². The number of piperidine rings is 1. The maximum atomic E-state index is 12.3. The molecule has 1 aliphatic rings. The second kappa shape index (κ2) is 7.27. The third kappa shape index (κ3) is 4.20. The van der Waals surface area contributed by atoms with Crippen molar-refractivity contribution in [1.82, 2.24) is 10.2 Å². The summed E-state index contributed by atoms with van der Waals surface area (Å²) in [5, 5.41) is 3.09. The van der Waals surface area contributed by atoms with Gasteiger partial charge in [-0.25, -0.2) is 0 Å². The van der Waals surface area contributed by atoms with Gasteiger partial charge in [-0.2, -0.15) is 0 Å². The van der Waals surface area contributed by atoms with Crippen LogP contribution in [0.1, 0.15) is 36.5 Å². The minimum Gasteiger partial charge on any atom is -0.341 e. The van der Waals surface area contributed by atoms with Crippen molar-refractivity contribution in [3.63, 3.8) is 0 Å². The zero-order valence-electron chi connectivity index (χ0n) is 11.9. The molecule has 1 aliphatic heterocycles. The Bertz CT molecular complexity index is 544. The second-order valence-corrected chi connectivity index (χ2v) is 6.53. The molecule has 1 fully saturated rings. The van der Waals surface area contributed by atoms with Crippen LogP contribution in [0.4, 0.5) is 0 Å². The summed E-state index contributed by atoms with van der Waals surface area (Å²) in [6.07, 6.45) is 3.23. The first kappa shape index (κ1) is 16.3. The summed E-state index contributed by atoms with van der Waals surface area (Å²) in [5.41, 5.74) is 0.365. The molecule has 2 amide bonds. The monoisotopic (exact) mass is 372 g/mol. The van der Waals surface area contributed by atoms with Crippen molar-refractivity contribution in [2.75, 3.05) is 13.1 Å². The quantitative estimate of drug-likeness (QED) is 0.884.